The maximum Gasteiger partial charge on any atom is 0.409 e. The van der Waals surface area contributed by atoms with Gasteiger partial charge in [-0.05, 0) is 37.4 Å². The Hall–Kier alpha value is -2.78. The molecule has 1 heterocycles. The average Bonchev–Trinajstić information content (AvgIpc) is 2.83. The number of carbonyl (C=O) groups excluding carboxylic acids is 2. The minimum atomic E-state index is -4.77. The van der Waals surface area contributed by atoms with Crippen molar-refractivity contribution in [3.63, 3.8) is 0 Å². The Balaban J connectivity index is 1.72. The van der Waals surface area contributed by atoms with Crippen molar-refractivity contribution in [2.75, 3.05) is 37.0 Å². The molecular weight excluding hydrogens is 435 g/mol. The molecule has 2 aromatic rings. The Morgan fingerprint density at radius 2 is 2.00 bits per heavy atom. The van der Waals surface area contributed by atoms with Crippen LogP contribution in [-0.4, -0.2) is 55.7 Å². The molecule has 0 saturated heterocycles. The number of hydrogen-bond acceptors (Lipinski definition) is 4. The van der Waals surface area contributed by atoms with Crippen molar-refractivity contribution in [1.82, 2.24) is 4.90 Å². The van der Waals surface area contributed by atoms with E-state index >= 15 is 0 Å². The van der Waals surface area contributed by atoms with Gasteiger partial charge in [-0.1, -0.05) is 29.8 Å². The second-order valence-electron chi connectivity index (χ2n) is 7.13. The van der Waals surface area contributed by atoms with Gasteiger partial charge in [0.05, 0.1) is 24.3 Å². The molecule has 0 radical (unpaired) electrons. The molecule has 1 aliphatic rings. The number of carbonyl (C=O) groups is 2. The van der Waals surface area contributed by atoms with Gasteiger partial charge in [0.25, 0.3) is 0 Å². The second kappa shape index (κ2) is 9.57. The standard InChI is InChI=1S/C21H21ClF3N3O3/c1-27(9-10-31-15-6-4-5-14(22)11-15)13-20(30)28-17-8-3-2-7-16(17)26-19(29)12-18(28)21(23,24)25/h2-8,11,18H,9-10,12-13H2,1H3,(H,26,29)/t18-/m1/s1. The lowest BCUT2D eigenvalue weighted by Gasteiger charge is -2.32. The third kappa shape index (κ3) is 5.89. The smallest absolute Gasteiger partial charge is 0.409 e. The number of ether oxygens (including phenoxy) is 1. The van der Waals surface area contributed by atoms with E-state index < -0.39 is 30.5 Å². The zero-order valence-corrected chi connectivity index (χ0v) is 17.4. The third-order valence-corrected chi connectivity index (χ3v) is 4.95. The van der Waals surface area contributed by atoms with Crippen LogP contribution in [0.5, 0.6) is 5.75 Å². The number of fused-ring (bicyclic) bond motifs is 1. The van der Waals surface area contributed by atoms with Gasteiger partial charge in [0.2, 0.25) is 11.8 Å². The first-order valence-electron chi connectivity index (χ1n) is 9.49. The van der Waals surface area contributed by atoms with Crippen molar-refractivity contribution in [2.45, 2.75) is 18.6 Å². The van der Waals surface area contributed by atoms with Crippen LogP contribution in [0, 0.1) is 0 Å². The fraction of sp³-hybridized carbons (Fsp3) is 0.333. The fourth-order valence-corrected chi connectivity index (χ4v) is 3.44. The van der Waals surface area contributed by atoms with Gasteiger partial charge in [-0.2, -0.15) is 13.2 Å². The predicted octanol–water partition coefficient (Wildman–Crippen LogP) is 3.96. The highest BCUT2D eigenvalue weighted by Crippen LogP contribution is 2.37. The zero-order chi connectivity index (χ0) is 22.6. The average molecular weight is 456 g/mol. The Morgan fingerprint density at radius 3 is 2.71 bits per heavy atom. The largest absolute Gasteiger partial charge is 0.492 e. The van der Waals surface area contributed by atoms with E-state index in [1.807, 2.05) is 0 Å². The monoisotopic (exact) mass is 455 g/mol. The van der Waals surface area contributed by atoms with Crippen LogP contribution in [0.1, 0.15) is 6.42 Å². The fourth-order valence-electron chi connectivity index (χ4n) is 3.26. The lowest BCUT2D eigenvalue weighted by molar-refractivity contribution is -0.158. The van der Waals surface area contributed by atoms with Crippen molar-refractivity contribution in [1.29, 1.82) is 0 Å². The van der Waals surface area contributed by atoms with E-state index in [-0.39, 0.29) is 24.5 Å². The molecule has 0 aromatic heterocycles. The molecule has 31 heavy (non-hydrogen) atoms. The van der Waals surface area contributed by atoms with Gasteiger partial charge in [-0.15, -0.1) is 0 Å². The number of nitrogens with zero attached hydrogens (tertiary/aromatic N) is 2. The number of rotatable bonds is 6. The topological polar surface area (TPSA) is 61.9 Å². The number of amides is 2. The highest BCUT2D eigenvalue weighted by molar-refractivity contribution is 6.30. The number of halogens is 4. The van der Waals surface area contributed by atoms with E-state index in [1.54, 1.807) is 42.3 Å². The summed E-state index contributed by atoms with van der Waals surface area (Å²) in [4.78, 5) is 27.2. The Morgan fingerprint density at radius 1 is 1.26 bits per heavy atom. The van der Waals surface area contributed by atoms with Crippen LogP contribution in [0.3, 0.4) is 0 Å². The SMILES string of the molecule is CN(CCOc1cccc(Cl)c1)CC(=O)N1c2ccccc2NC(=O)C[C@@H]1C(F)(F)F. The number of anilines is 2. The maximum absolute atomic E-state index is 13.7. The molecule has 3 rings (SSSR count). The molecular formula is C21H21ClF3N3O3. The maximum atomic E-state index is 13.7. The molecule has 0 spiro atoms. The van der Waals surface area contributed by atoms with Gasteiger partial charge in [-0.25, -0.2) is 0 Å². The molecule has 6 nitrogen and oxygen atoms in total. The van der Waals surface area contributed by atoms with Gasteiger partial charge in [-0.3, -0.25) is 19.4 Å². The first-order chi connectivity index (χ1) is 14.6. The quantitative estimate of drug-likeness (QED) is 0.716. The lowest BCUT2D eigenvalue weighted by atomic mass is 10.1. The summed E-state index contributed by atoms with van der Waals surface area (Å²) in [7, 11) is 1.61. The highest BCUT2D eigenvalue weighted by atomic mass is 35.5. The molecule has 0 aliphatic carbocycles. The van der Waals surface area contributed by atoms with Gasteiger partial charge >= 0.3 is 6.18 Å². The van der Waals surface area contributed by atoms with E-state index in [2.05, 4.69) is 5.32 Å². The van der Waals surface area contributed by atoms with Crippen LogP contribution >= 0.6 is 11.6 Å². The number of nitrogens with one attached hydrogen (secondary N) is 1. The molecule has 0 fully saturated rings. The van der Waals surface area contributed by atoms with E-state index in [0.717, 1.165) is 0 Å². The molecule has 1 atom stereocenters. The Bertz CT molecular complexity index is 955. The first-order valence-corrected chi connectivity index (χ1v) is 9.87. The number of hydrogen-bond donors (Lipinski definition) is 1. The summed E-state index contributed by atoms with van der Waals surface area (Å²) in [6.07, 6.45) is -5.63. The lowest BCUT2D eigenvalue weighted by Crippen LogP contribution is -2.52. The molecule has 2 amide bonds. The number of para-hydroxylation sites is 2. The molecule has 0 bridgehead atoms. The number of benzene rings is 2. The van der Waals surface area contributed by atoms with E-state index in [1.165, 1.54) is 18.2 Å². The molecule has 1 N–H and O–H groups in total. The summed E-state index contributed by atoms with van der Waals surface area (Å²) in [6, 6.07) is 10.5. The second-order valence-corrected chi connectivity index (χ2v) is 7.57. The summed E-state index contributed by atoms with van der Waals surface area (Å²) in [5.41, 5.74) is 0.184. The Labute approximate surface area is 182 Å². The summed E-state index contributed by atoms with van der Waals surface area (Å²) >= 11 is 5.89. The van der Waals surface area contributed by atoms with E-state index in [4.69, 9.17) is 16.3 Å². The minimum absolute atomic E-state index is 0.0178. The molecule has 0 unspecified atom stereocenters. The summed E-state index contributed by atoms with van der Waals surface area (Å²) in [5, 5.41) is 2.96. The van der Waals surface area contributed by atoms with Crippen molar-refractivity contribution in [3.8, 4) is 5.75 Å². The number of likely N-dealkylation sites (N-methyl/N-ethyl adjacent to an activating group) is 1. The van der Waals surface area contributed by atoms with Crippen LogP contribution in [0.2, 0.25) is 5.02 Å². The first kappa shape index (κ1) is 22.9. The molecule has 2 aromatic carbocycles. The molecule has 1 aliphatic heterocycles. The predicted molar refractivity (Wildman–Crippen MR) is 111 cm³/mol. The number of alkyl halides is 3. The molecule has 10 heteroatoms. The van der Waals surface area contributed by atoms with Crippen molar-refractivity contribution >= 4 is 34.8 Å². The van der Waals surface area contributed by atoms with Gasteiger partial charge in [0, 0.05) is 11.6 Å². The Kier molecular flexibility index (Phi) is 7.07. The normalized spacial score (nSPS) is 16.5. The van der Waals surface area contributed by atoms with Crippen molar-refractivity contribution < 1.29 is 27.5 Å². The molecule has 0 saturated carbocycles. The van der Waals surface area contributed by atoms with Gasteiger partial charge < -0.3 is 10.1 Å². The summed E-state index contributed by atoms with van der Waals surface area (Å²) < 4.78 is 46.8. The molecule has 166 valence electrons. The third-order valence-electron chi connectivity index (χ3n) is 4.72. The van der Waals surface area contributed by atoms with Crippen molar-refractivity contribution in [2.24, 2.45) is 0 Å². The van der Waals surface area contributed by atoms with Crippen LogP contribution in [0.25, 0.3) is 0 Å². The van der Waals surface area contributed by atoms with E-state index in [0.29, 0.717) is 22.2 Å². The van der Waals surface area contributed by atoms with E-state index in [9.17, 15) is 22.8 Å². The van der Waals surface area contributed by atoms with Crippen LogP contribution in [-0.2, 0) is 9.59 Å². The van der Waals surface area contributed by atoms with Gasteiger partial charge in [0.15, 0.2) is 0 Å². The van der Waals surface area contributed by atoms with Crippen LogP contribution in [0.4, 0.5) is 24.5 Å². The van der Waals surface area contributed by atoms with Crippen LogP contribution in [0.15, 0.2) is 48.5 Å². The minimum Gasteiger partial charge on any atom is -0.492 e. The highest BCUT2D eigenvalue weighted by Gasteiger charge is 2.49. The van der Waals surface area contributed by atoms with Gasteiger partial charge in [0.1, 0.15) is 18.4 Å². The summed E-state index contributed by atoms with van der Waals surface area (Å²) in [6.45, 7) is 0.221. The summed E-state index contributed by atoms with van der Waals surface area (Å²) in [5.74, 6) is -1.01. The van der Waals surface area contributed by atoms with Crippen molar-refractivity contribution in [3.05, 3.63) is 53.6 Å². The zero-order valence-electron chi connectivity index (χ0n) is 16.7. The van der Waals surface area contributed by atoms with Crippen LogP contribution < -0.4 is 15.0 Å².